The van der Waals surface area contributed by atoms with E-state index >= 15 is 0 Å². The lowest BCUT2D eigenvalue weighted by atomic mass is 10.1. The molecule has 0 aliphatic heterocycles. The van der Waals surface area contributed by atoms with E-state index in [1.807, 2.05) is 30.3 Å². The minimum atomic E-state index is 0.245. The predicted molar refractivity (Wildman–Crippen MR) is 75.8 cm³/mol. The molecule has 0 amide bonds. The van der Waals surface area contributed by atoms with Crippen molar-refractivity contribution in [3.05, 3.63) is 36.2 Å². The van der Waals surface area contributed by atoms with Crippen LogP contribution in [0.25, 0.3) is 0 Å². The van der Waals surface area contributed by atoms with E-state index in [2.05, 4.69) is 40.0 Å². The molecule has 5 nitrogen and oxygen atoms in total. The van der Waals surface area contributed by atoms with Gasteiger partial charge in [0.05, 0.1) is 12.2 Å². The molecular formula is C14H23N5. The van der Waals surface area contributed by atoms with Gasteiger partial charge in [-0.3, -0.25) is 4.68 Å². The molecule has 0 saturated carbocycles. The van der Waals surface area contributed by atoms with Gasteiger partial charge in [0.25, 0.3) is 0 Å². The Morgan fingerprint density at radius 2 is 2.21 bits per heavy atom. The molecule has 2 aromatic heterocycles. The van der Waals surface area contributed by atoms with Crippen LogP contribution in [0.2, 0.25) is 0 Å². The van der Waals surface area contributed by atoms with Crippen LogP contribution in [-0.2, 0) is 20.0 Å². The Kier molecular flexibility index (Phi) is 4.74. The minimum Gasteiger partial charge on any atom is -0.337 e. The minimum absolute atomic E-state index is 0.245. The number of nitrogens with one attached hydrogen (secondary N) is 1. The molecule has 2 aromatic rings. The first kappa shape index (κ1) is 13.8. The normalized spacial score (nSPS) is 12.8. The van der Waals surface area contributed by atoms with Crippen molar-refractivity contribution in [3.63, 3.8) is 0 Å². The maximum atomic E-state index is 4.47. The van der Waals surface area contributed by atoms with E-state index in [4.69, 9.17) is 0 Å². The van der Waals surface area contributed by atoms with Gasteiger partial charge in [-0.1, -0.05) is 6.92 Å². The Labute approximate surface area is 114 Å². The molecule has 0 fully saturated rings. The van der Waals surface area contributed by atoms with Crippen LogP contribution in [0.4, 0.5) is 0 Å². The van der Waals surface area contributed by atoms with Crippen molar-refractivity contribution in [2.75, 3.05) is 6.54 Å². The summed E-state index contributed by atoms with van der Waals surface area (Å²) in [4.78, 5) is 4.47. The van der Waals surface area contributed by atoms with Crippen LogP contribution in [0.5, 0.6) is 0 Å². The van der Waals surface area contributed by atoms with Crippen molar-refractivity contribution in [1.29, 1.82) is 0 Å². The summed E-state index contributed by atoms with van der Waals surface area (Å²) in [6.45, 7) is 6.19. The summed E-state index contributed by atoms with van der Waals surface area (Å²) in [6, 6.07) is 0.245. The molecule has 2 heterocycles. The molecular weight excluding hydrogens is 238 g/mol. The van der Waals surface area contributed by atoms with E-state index in [0.29, 0.717) is 0 Å². The van der Waals surface area contributed by atoms with Gasteiger partial charge in [-0.2, -0.15) is 5.10 Å². The van der Waals surface area contributed by atoms with Gasteiger partial charge < -0.3 is 9.88 Å². The van der Waals surface area contributed by atoms with Crippen molar-refractivity contribution >= 4 is 0 Å². The second-order valence-electron chi connectivity index (χ2n) is 4.81. The van der Waals surface area contributed by atoms with Crippen LogP contribution in [0, 0.1) is 0 Å². The van der Waals surface area contributed by atoms with Crippen LogP contribution in [0.15, 0.2) is 24.8 Å². The summed E-state index contributed by atoms with van der Waals surface area (Å²) in [5.41, 5.74) is 1.25. The molecule has 104 valence electrons. The number of aromatic nitrogens is 4. The van der Waals surface area contributed by atoms with Crippen molar-refractivity contribution in [3.8, 4) is 0 Å². The number of hydrogen-bond acceptors (Lipinski definition) is 3. The van der Waals surface area contributed by atoms with Crippen LogP contribution < -0.4 is 5.32 Å². The van der Waals surface area contributed by atoms with Gasteiger partial charge in [-0.25, -0.2) is 4.98 Å². The van der Waals surface area contributed by atoms with Crippen molar-refractivity contribution < 1.29 is 0 Å². The predicted octanol–water partition coefficient (Wildman–Crippen LogP) is 1.92. The third kappa shape index (κ3) is 3.44. The SMILES string of the molecule is CCCNC(Cc1cnn(CC)c1)c1nccn1C. The molecule has 0 aliphatic carbocycles. The monoisotopic (exact) mass is 261 g/mol. The highest BCUT2D eigenvalue weighted by molar-refractivity contribution is 5.10. The highest BCUT2D eigenvalue weighted by atomic mass is 15.3. The Hall–Kier alpha value is -1.62. The Morgan fingerprint density at radius 3 is 2.79 bits per heavy atom. The van der Waals surface area contributed by atoms with Crippen LogP contribution >= 0.6 is 0 Å². The van der Waals surface area contributed by atoms with E-state index in [0.717, 1.165) is 31.8 Å². The molecule has 0 saturated heterocycles. The van der Waals surface area contributed by atoms with Gasteiger partial charge in [-0.05, 0) is 31.9 Å². The quantitative estimate of drug-likeness (QED) is 0.828. The fourth-order valence-corrected chi connectivity index (χ4v) is 2.21. The average Bonchev–Trinajstić information content (AvgIpc) is 3.03. The number of imidazole rings is 1. The lowest BCUT2D eigenvalue weighted by Crippen LogP contribution is -2.26. The van der Waals surface area contributed by atoms with E-state index in [1.165, 1.54) is 5.56 Å². The standard InChI is InChI=1S/C14H23N5/c1-4-6-15-13(14-16-7-8-18(14)3)9-12-10-17-19(5-2)11-12/h7-8,10-11,13,15H,4-6,9H2,1-3H3. The summed E-state index contributed by atoms with van der Waals surface area (Å²) < 4.78 is 4.04. The van der Waals surface area contributed by atoms with Crippen molar-refractivity contribution in [1.82, 2.24) is 24.6 Å². The first-order valence-corrected chi connectivity index (χ1v) is 6.96. The summed E-state index contributed by atoms with van der Waals surface area (Å²) in [6.07, 6.45) is 9.95. The van der Waals surface area contributed by atoms with Crippen LogP contribution in [0.1, 0.15) is 37.7 Å². The molecule has 1 N–H and O–H groups in total. The van der Waals surface area contributed by atoms with Gasteiger partial charge >= 0.3 is 0 Å². The van der Waals surface area contributed by atoms with Crippen molar-refractivity contribution in [2.45, 2.75) is 39.3 Å². The molecule has 19 heavy (non-hydrogen) atoms. The number of aryl methyl sites for hydroxylation is 2. The first-order valence-electron chi connectivity index (χ1n) is 6.96. The largest absolute Gasteiger partial charge is 0.337 e. The molecule has 0 spiro atoms. The zero-order valence-electron chi connectivity index (χ0n) is 12.0. The zero-order chi connectivity index (χ0) is 13.7. The lowest BCUT2D eigenvalue weighted by Gasteiger charge is -2.17. The van der Waals surface area contributed by atoms with Gasteiger partial charge in [0.1, 0.15) is 5.82 Å². The Bertz CT molecular complexity index is 499. The summed E-state index contributed by atoms with van der Waals surface area (Å²) >= 11 is 0. The first-order chi connectivity index (χ1) is 9.24. The number of nitrogens with zero attached hydrogens (tertiary/aromatic N) is 4. The third-order valence-corrected chi connectivity index (χ3v) is 3.26. The Morgan fingerprint density at radius 1 is 1.37 bits per heavy atom. The molecule has 1 unspecified atom stereocenters. The van der Waals surface area contributed by atoms with Crippen molar-refractivity contribution in [2.24, 2.45) is 7.05 Å². The van der Waals surface area contributed by atoms with E-state index in [-0.39, 0.29) is 6.04 Å². The van der Waals surface area contributed by atoms with Crippen LogP contribution in [-0.4, -0.2) is 25.9 Å². The molecule has 5 heteroatoms. The number of hydrogen-bond donors (Lipinski definition) is 1. The molecule has 0 radical (unpaired) electrons. The van der Waals surface area contributed by atoms with Gasteiger partial charge in [0.15, 0.2) is 0 Å². The number of rotatable bonds is 7. The molecule has 0 aliphatic rings. The molecule has 0 aromatic carbocycles. The van der Waals surface area contributed by atoms with Gasteiger partial charge in [-0.15, -0.1) is 0 Å². The molecule has 1 atom stereocenters. The third-order valence-electron chi connectivity index (χ3n) is 3.26. The van der Waals surface area contributed by atoms with E-state index < -0.39 is 0 Å². The maximum Gasteiger partial charge on any atom is 0.125 e. The molecule has 2 rings (SSSR count). The van der Waals surface area contributed by atoms with E-state index in [1.54, 1.807) is 0 Å². The van der Waals surface area contributed by atoms with Crippen LogP contribution in [0.3, 0.4) is 0 Å². The zero-order valence-corrected chi connectivity index (χ0v) is 12.0. The summed E-state index contributed by atoms with van der Waals surface area (Å²) in [5.74, 6) is 1.08. The highest BCUT2D eigenvalue weighted by Gasteiger charge is 2.16. The smallest absolute Gasteiger partial charge is 0.125 e. The van der Waals surface area contributed by atoms with Gasteiger partial charge in [0, 0.05) is 32.2 Å². The summed E-state index contributed by atoms with van der Waals surface area (Å²) in [7, 11) is 2.04. The fraction of sp³-hybridized carbons (Fsp3) is 0.571. The molecule has 0 bridgehead atoms. The highest BCUT2D eigenvalue weighted by Crippen LogP contribution is 2.16. The Balaban J connectivity index is 2.11. The maximum absolute atomic E-state index is 4.47. The summed E-state index contributed by atoms with van der Waals surface area (Å²) in [5, 5.41) is 7.90. The van der Waals surface area contributed by atoms with E-state index in [9.17, 15) is 0 Å². The second-order valence-corrected chi connectivity index (χ2v) is 4.81. The van der Waals surface area contributed by atoms with Gasteiger partial charge in [0.2, 0.25) is 0 Å². The topological polar surface area (TPSA) is 47.7 Å². The fourth-order valence-electron chi connectivity index (χ4n) is 2.21. The second kappa shape index (κ2) is 6.52. The average molecular weight is 261 g/mol. The lowest BCUT2D eigenvalue weighted by molar-refractivity contribution is 0.491.